The fourth-order valence-electron chi connectivity index (χ4n) is 1.96. The maximum Gasteiger partial charge on any atom is 0.255 e. The third kappa shape index (κ3) is 2.69. The van der Waals surface area contributed by atoms with Gasteiger partial charge in [0.1, 0.15) is 0 Å². The van der Waals surface area contributed by atoms with Crippen LogP contribution in [0.5, 0.6) is 0 Å². The minimum atomic E-state index is -0.272. The Labute approximate surface area is 126 Å². The van der Waals surface area contributed by atoms with Crippen molar-refractivity contribution in [2.24, 2.45) is 0 Å². The van der Waals surface area contributed by atoms with Gasteiger partial charge in [-0.05, 0) is 42.5 Å². The van der Waals surface area contributed by atoms with Crippen molar-refractivity contribution in [1.29, 1.82) is 5.26 Å². The number of benzene rings is 1. The number of carbonyl (C=O) groups is 1. The van der Waals surface area contributed by atoms with Crippen LogP contribution in [0.4, 0.5) is 5.69 Å². The highest BCUT2D eigenvalue weighted by Gasteiger charge is 2.11. The maximum absolute atomic E-state index is 12.3. The third-order valence-electron chi connectivity index (χ3n) is 3.03. The molecule has 0 fully saturated rings. The molecule has 0 spiro atoms. The van der Waals surface area contributed by atoms with E-state index in [9.17, 15) is 4.79 Å². The molecule has 0 aliphatic carbocycles. The van der Waals surface area contributed by atoms with Crippen LogP contribution in [-0.2, 0) is 0 Å². The normalized spacial score (nSPS) is 9.95. The monoisotopic (exact) mass is 289 g/mol. The van der Waals surface area contributed by atoms with Gasteiger partial charge in [-0.1, -0.05) is 0 Å². The van der Waals surface area contributed by atoms with E-state index in [2.05, 4.69) is 15.4 Å². The maximum atomic E-state index is 12.3. The summed E-state index contributed by atoms with van der Waals surface area (Å²) in [5.41, 5.74) is 1.53. The molecule has 0 unspecified atom stereocenters. The molecule has 106 valence electrons. The highest BCUT2D eigenvalue weighted by molar-refractivity contribution is 6.05. The van der Waals surface area contributed by atoms with Crippen LogP contribution in [0.3, 0.4) is 0 Å². The van der Waals surface area contributed by atoms with Crippen LogP contribution < -0.4 is 5.32 Å². The van der Waals surface area contributed by atoms with E-state index in [1.165, 1.54) is 0 Å². The minimum Gasteiger partial charge on any atom is -0.319 e. The Morgan fingerprint density at radius 2 is 1.95 bits per heavy atom. The molecule has 0 aliphatic rings. The molecule has 0 bridgehead atoms. The first-order chi connectivity index (χ1) is 10.8. The number of nitriles is 1. The Hall–Kier alpha value is -3.46. The lowest BCUT2D eigenvalue weighted by Gasteiger charge is -2.10. The molecule has 0 atom stereocenters. The summed E-state index contributed by atoms with van der Waals surface area (Å²) in [7, 11) is 0. The van der Waals surface area contributed by atoms with Crippen LogP contribution in [0, 0.1) is 11.3 Å². The standard InChI is InChI=1S/C16H11N5O/c17-11-12-4-6-13(7-5-12)16(22)20-14-3-1-8-18-15(14)21-10-2-9-19-21/h1-10H,(H,20,22). The van der Waals surface area contributed by atoms with Gasteiger partial charge in [0.15, 0.2) is 5.82 Å². The van der Waals surface area contributed by atoms with Crippen molar-refractivity contribution < 1.29 is 4.79 Å². The van der Waals surface area contributed by atoms with Gasteiger partial charge >= 0.3 is 0 Å². The lowest BCUT2D eigenvalue weighted by molar-refractivity contribution is 0.102. The van der Waals surface area contributed by atoms with Crippen molar-refractivity contribution in [3.05, 3.63) is 72.2 Å². The van der Waals surface area contributed by atoms with Crippen LogP contribution in [0.1, 0.15) is 15.9 Å². The van der Waals surface area contributed by atoms with E-state index in [4.69, 9.17) is 5.26 Å². The number of carbonyl (C=O) groups excluding carboxylic acids is 1. The van der Waals surface area contributed by atoms with E-state index in [0.29, 0.717) is 22.6 Å². The predicted molar refractivity (Wildman–Crippen MR) is 80.5 cm³/mol. The van der Waals surface area contributed by atoms with Crippen LogP contribution in [-0.4, -0.2) is 20.7 Å². The summed E-state index contributed by atoms with van der Waals surface area (Å²) in [5.74, 6) is 0.264. The first kappa shape index (κ1) is 13.5. The number of nitrogens with one attached hydrogen (secondary N) is 1. The number of nitrogens with zero attached hydrogens (tertiary/aromatic N) is 4. The zero-order valence-corrected chi connectivity index (χ0v) is 11.5. The number of pyridine rings is 1. The van der Waals surface area contributed by atoms with Crippen molar-refractivity contribution in [3.63, 3.8) is 0 Å². The molecule has 0 saturated carbocycles. The molecule has 3 rings (SSSR count). The van der Waals surface area contributed by atoms with E-state index in [-0.39, 0.29) is 5.91 Å². The topological polar surface area (TPSA) is 83.6 Å². The van der Waals surface area contributed by atoms with Crippen molar-refractivity contribution >= 4 is 11.6 Å². The number of hydrogen-bond donors (Lipinski definition) is 1. The van der Waals surface area contributed by atoms with Crippen LogP contribution in [0.2, 0.25) is 0 Å². The summed E-state index contributed by atoms with van der Waals surface area (Å²) in [5, 5.41) is 15.7. The molecule has 0 saturated heterocycles. The van der Waals surface area contributed by atoms with Gasteiger partial charge in [0.25, 0.3) is 5.91 Å². The minimum absolute atomic E-state index is 0.272. The van der Waals surface area contributed by atoms with Gasteiger partial charge in [-0.15, -0.1) is 0 Å². The molecular formula is C16H11N5O. The van der Waals surface area contributed by atoms with Gasteiger partial charge in [0, 0.05) is 24.2 Å². The molecule has 22 heavy (non-hydrogen) atoms. The fourth-order valence-corrected chi connectivity index (χ4v) is 1.96. The van der Waals surface area contributed by atoms with E-state index < -0.39 is 0 Å². The Kier molecular flexibility index (Phi) is 3.62. The molecular weight excluding hydrogens is 278 g/mol. The number of rotatable bonds is 3. The van der Waals surface area contributed by atoms with E-state index in [1.54, 1.807) is 65.7 Å². The molecule has 2 aromatic heterocycles. The zero-order valence-electron chi connectivity index (χ0n) is 11.5. The van der Waals surface area contributed by atoms with Crippen molar-refractivity contribution in [2.75, 3.05) is 5.32 Å². The van der Waals surface area contributed by atoms with Crippen molar-refractivity contribution in [2.45, 2.75) is 0 Å². The first-order valence-corrected chi connectivity index (χ1v) is 6.54. The van der Waals surface area contributed by atoms with Crippen molar-refractivity contribution in [1.82, 2.24) is 14.8 Å². The second-order valence-corrected chi connectivity index (χ2v) is 4.47. The lowest BCUT2D eigenvalue weighted by Crippen LogP contribution is -2.14. The summed E-state index contributed by atoms with van der Waals surface area (Å²) >= 11 is 0. The van der Waals surface area contributed by atoms with Gasteiger partial charge in [-0.25, -0.2) is 9.67 Å². The lowest BCUT2D eigenvalue weighted by atomic mass is 10.1. The van der Waals surface area contributed by atoms with Gasteiger partial charge < -0.3 is 5.32 Å². The number of amides is 1. The van der Waals surface area contributed by atoms with Gasteiger partial charge in [0.05, 0.1) is 17.3 Å². The molecule has 0 radical (unpaired) electrons. The largest absolute Gasteiger partial charge is 0.319 e. The number of aromatic nitrogens is 3. The van der Waals surface area contributed by atoms with Gasteiger partial charge in [0.2, 0.25) is 0 Å². The van der Waals surface area contributed by atoms with E-state index >= 15 is 0 Å². The summed E-state index contributed by atoms with van der Waals surface area (Å²) in [6.45, 7) is 0. The third-order valence-corrected chi connectivity index (χ3v) is 3.03. The highest BCUT2D eigenvalue weighted by Crippen LogP contribution is 2.17. The number of anilines is 1. The Bertz CT molecular complexity index is 832. The molecule has 2 heterocycles. The fraction of sp³-hybridized carbons (Fsp3) is 0. The zero-order chi connectivity index (χ0) is 15.4. The summed E-state index contributed by atoms with van der Waals surface area (Å²) < 4.78 is 1.58. The summed E-state index contributed by atoms with van der Waals surface area (Å²) in [6, 6.07) is 13.7. The Morgan fingerprint density at radius 3 is 2.64 bits per heavy atom. The Balaban J connectivity index is 1.87. The van der Waals surface area contributed by atoms with Gasteiger partial charge in [-0.3, -0.25) is 4.79 Å². The smallest absolute Gasteiger partial charge is 0.255 e. The molecule has 3 aromatic rings. The Morgan fingerprint density at radius 1 is 1.14 bits per heavy atom. The average molecular weight is 289 g/mol. The SMILES string of the molecule is N#Cc1ccc(C(=O)Nc2cccnc2-n2cccn2)cc1. The van der Waals surface area contributed by atoms with Crippen LogP contribution in [0.25, 0.3) is 5.82 Å². The quantitative estimate of drug-likeness (QED) is 0.802. The van der Waals surface area contributed by atoms with E-state index in [0.717, 1.165) is 0 Å². The first-order valence-electron chi connectivity index (χ1n) is 6.54. The summed E-state index contributed by atoms with van der Waals surface area (Å²) in [6.07, 6.45) is 5.02. The van der Waals surface area contributed by atoms with Crippen LogP contribution in [0.15, 0.2) is 61.1 Å². The molecule has 1 aromatic carbocycles. The summed E-state index contributed by atoms with van der Waals surface area (Å²) in [4.78, 5) is 16.5. The highest BCUT2D eigenvalue weighted by atomic mass is 16.1. The van der Waals surface area contributed by atoms with Crippen molar-refractivity contribution in [3.8, 4) is 11.9 Å². The average Bonchev–Trinajstić information content (AvgIpc) is 3.10. The molecule has 1 N–H and O–H groups in total. The van der Waals surface area contributed by atoms with Gasteiger partial charge in [-0.2, -0.15) is 10.4 Å². The molecule has 6 nitrogen and oxygen atoms in total. The second kappa shape index (κ2) is 5.89. The molecule has 6 heteroatoms. The van der Waals surface area contributed by atoms with Crippen LogP contribution >= 0.6 is 0 Å². The molecule has 1 amide bonds. The predicted octanol–water partition coefficient (Wildman–Crippen LogP) is 2.39. The second-order valence-electron chi connectivity index (χ2n) is 4.47. The molecule has 0 aliphatic heterocycles. The van der Waals surface area contributed by atoms with E-state index in [1.807, 2.05) is 6.07 Å². The number of hydrogen-bond acceptors (Lipinski definition) is 4.